The molecule has 1 aromatic heterocycles. The fraction of sp³-hybridized carbons (Fsp3) is 0.217. The molecule has 0 N–H and O–H groups in total. The maximum atomic E-state index is 6.35. The third-order valence-electron chi connectivity index (χ3n) is 4.71. The zero-order valence-electron chi connectivity index (χ0n) is 14.7. The molecule has 0 aliphatic heterocycles. The monoisotopic (exact) mass is 314 g/mol. The van der Waals surface area contributed by atoms with Crippen LogP contribution in [-0.4, -0.2) is 0 Å². The van der Waals surface area contributed by atoms with E-state index in [1.54, 1.807) is 0 Å². The first-order chi connectivity index (χ1) is 11.5. The van der Waals surface area contributed by atoms with Gasteiger partial charge in [-0.1, -0.05) is 75.4 Å². The van der Waals surface area contributed by atoms with Gasteiger partial charge in [-0.05, 0) is 35.1 Å². The molecule has 0 bridgehead atoms. The van der Waals surface area contributed by atoms with Gasteiger partial charge >= 0.3 is 0 Å². The Labute approximate surface area is 142 Å². The predicted octanol–water partition coefficient (Wildman–Crippen LogP) is 6.86. The van der Waals surface area contributed by atoms with Crippen molar-refractivity contribution in [2.24, 2.45) is 0 Å². The van der Waals surface area contributed by atoms with Crippen LogP contribution in [0.25, 0.3) is 33.1 Å². The Bertz CT molecular complexity index is 1030. The van der Waals surface area contributed by atoms with E-state index >= 15 is 0 Å². The summed E-state index contributed by atoms with van der Waals surface area (Å²) in [6.07, 6.45) is 0. The first kappa shape index (κ1) is 15.0. The first-order valence-corrected chi connectivity index (χ1v) is 8.47. The second-order valence-corrected chi connectivity index (χ2v) is 7.53. The highest BCUT2D eigenvalue weighted by molar-refractivity contribution is 6.13. The lowest BCUT2D eigenvalue weighted by Gasteiger charge is -2.21. The Morgan fingerprint density at radius 3 is 2.25 bits per heavy atom. The van der Waals surface area contributed by atoms with Crippen LogP contribution in [0.1, 0.15) is 31.9 Å². The highest BCUT2D eigenvalue weighted by Crippen LogP contribution is 2.41. The molecular formula is C23H22O. The summed E-state index contributed by atoms with van der Waals surface area (Å²) in [6.45, 7) is 8.92. The normalized spacial score (nSPS) is 12.2. The van der Waals surface area contributed by atoms with Gasteiger partial charge in [0.05, 0.1) is 0 Å². The number of aryl methyl sites for hydroxylation is 1. The van der Waals surface area contributed by atoms with Gasteiger partial charge in [-0.15, -0.1) is 0 Å². The van der Waals surface area contributed by atoms with Crippen molar-refractivity contribution in [2.45, 2.75) is 33.1 Å². The molecule has 0 radical (unpaired) electrons. The first-order valence-electron chi connectivity index (χ1n) is 8.47. The molecule has 4 aromatic rings. The lowest BCUT2D eigenvalue weighted by molar-refractivity contribution is 0.569. The van der Waals surface area contributed by atoms with Crippen molar-refractivity contribution in [3.05, 3.63) is 71.8 Å². The van der Waals surface area contributed by atoms with Crippen molar-refractivity contribution < 1.29 is 4.42 Å². The zero-order chi connectivity index (χ0) is 16.9. The topological polar surface area (TPSA) is 13.1 Å². The smallest absolute Gasteiger partial charge is 0.139 e. The largest absolute Gasteiger partial charge is 0.456 e. The maximum Gasteiger partial charge on any atom is 0.139 e. The Kier molecular flexibility index (Phi) is 3.28. The van der Waals surface area contributed by atoms with E-state index < -0.39 is 0 Å². The van der Waals surface area contributed by atoms with Crippen molar-refractivity contribution in [1.29, 1.82) is 0 Å². The zero-order valence-corrected chi connectivity index (χ0v) is 14.7. The Hall–Kier alpha value is -2.54. The average molecular weight is 314 g/mol. The van der Waals surface area contributed by atoms with Crippen LogP contribution >= 0.6 is 0 Å². The number of furan rings is 1. The van der Waals surface area contributed by atoms with Gasteiger partial charge in [-0.25, -0.2) is 0 Å². The molecule has 0 aliphatic rings. The minimum Gasteiger partial charge on any atom is -0.456 e. The van der Waals surface area contributed by atoms with E-state index in [1.807, 2.05) is 0 Å². The highest BCUT2D eigenvalue weighted by atomic mass is 16.3. The van der Waals surface area contributed by atoms with E-state index in [0.29, 0.717) is 0 Å². The van der Waals surface area contributed by atoms with Crippen LogP contribution in [-0.2, 0) is 5.41 Å². The SMILES string of the molecule is Cc1ccc2c(oc3cccc(-c4ccccc4)c32)c1C(C)(C)C. The van der Waals surface area contributed by atoms with E-state index in [4.69, 9.17) is 4.42 Å². The van der Waals surface area contributed by atoms with Gasteiger partial charge in [0.15, 0.2) is 0 Å². The maximum absolute atomic E-state index is 6.35. The van der Waals surface area contributed by atoms with Crippen molar-refractivity contribution in [3.63, 3.8) is 0 Å². The number of fused-ring (bicyclic) bond motifs is 3. The second kappa shape index (κ2) is 5.24. The van der Waals surface area contributed by atoms with Crippen LogP contribution in [0.3, 0.4) is 0 Å². The third kappa shape index (κ3) is 2.24. The van der Waals surface area contributed by atoms with Crippen molar-refractivity contribution in [3.8, 4) is 11.1 Å². The Morgan fingerprint density at radius 1 is 0.792 bits per heavy atom. The molecule has 0 fully saturated rings. The van der Waals surface area contributed by atoms with E-state index in [2.05, 4.69) is 88.4 Å². The second-order valence-electron chi connectivity index (χ2n) is 7.53. The molecule has 3 aromatic carbocycles. The molecule has 120 valence electrons. The number of benzene rings is 3. The molecule has 0 aliphatic carbocycles. The molecule has 0 saturated carbocycles. The van der Waals surface area contributed by atoms with Crippen LogP contribution in [0.2, 0.25) is 0 Å². The summed E-state index contributed by atoms with van der Waals surface area (Å²) in [6, 6.07) is 21.3. The minimum absolute atomic E-state index is 0.0460. The molecule has 0 atom stereocenters. The molecule has 0 spiro atoms. The summed E-state index contributed by atoms with van der Waals surface area (Å²) in [5.41, 5.74) is 7.08. The van der Waals surface area contributed by atoms with Gasteiger partial charge in [0, 0.05) is 16.3 Å². The molecule has 1 heteroatoms. The molecule has 1 heterocycles. The van der Waals surface area contributed by atoms with Gasteiger partial charge in [0.1, 0.15) is 11.2 Å². The molecule has 0 unspecified atom stereocenters. The van der Waals surface area contributed by atoms with Gasteiger partial charge in [-0.3, -0.25) is 0 Å². The lowest BCUT2D eigenvalue weighted by Crippen LogP contribution is -2.13. The van der Waals surface area contributed by atoms with E-state index in [1.165, 1.54) is 33.0 Å². The van der Waals surface area contributed by atoms with Crippen molar-refractivity contribution in [2.75, 3.05) is 0 Å². The Morgan fingerprint density at radius 2 is 1.54 bits per heavy atom. The molecule has 1 nitrogen and oxygen atoms in total. The standard InChI is InChI=1S/C23H22O/c1-15-13-14-18-20-17(16-9-6-5-7-10-16)11-8-12-19(20)24-22(18)21(15)23(2,3)4/h5-14H,1-4H3. The van der Waals surface area contributed by atoms with Crippen LogP contribution in [0.4, 0.5) is 0 Å². The van der Waals surface area contributed by atoms with Crippen LogP contribution < -0.4 is 0 Å². The summed E-state index contributed by atoms with van der Waals surface area (Å²) >= 11 is 0. The number of hydrogen-bond acceptors (Lipinski definition) is 1. The van der Waals surface area contributed by atoms with Gasteiger partial charge < -0.3 is 4.42 Å². The Balaban J connectivity index is 2.15. The third-order valence-corrected chi connectivity index (χ3v) is 4.71. The average Bonchev–Trinajstić information content (AvgIpc) is 2.92. The summed E-state index contributed by atoms with van der Waals surface area (Å²) < 4.78 is 6.35. The molecule has 0 saturated heterocycles. The molecular weight excluding hydrogens is 292 g/mol. The summed E-state index contributed by atoms with van der Waals surface area (Å²) in [5, 5.41) is 2.42. The van der Waals surface area contributed by atoms with Crippen LogP contribution in [0, 0.1) is 6.92 Å². The highest BCUT2D eigenvalue weighted by Gasteiger charge is 2.23. The lowest BCUT2D eigenvalue weighted by atomic mass is 9.83. The van der Waals surface area contributed by atoms with Crippen molar-refractivity contribution in [1.82, 2.24) is 0 Å². The minimum atomic E-state index is 0.0460. The van der Waals surface area contributed by atoms with Crippen LogP contribution in [0.5, 0.6) is 0 Å². The van der Waals surface area contributed by atoms with Crippen LogP contribution in [0.15, 0.2) is 65.1 Å². The summed E-state index contributed by atoms with van der Waals surface area (Å²) in [7, 11) is 0. The summed E-state index contributed by atoms with van der Waals surface area (Å²) in [5.74, 6) is 0. The molecule has 4 rings (SSSR count). The number of rotatable bonds is 1. The van der Waals surface area contributed by atoms with Crippen molar-refractivity contribution >= 4 is 21.9 Å². The predicted molar refractivity (Wildman–Crippen MR) is 103 cm³/mol. The van der Waals surface area contributed by atoms with Gasteiger partial charge in [0.2, 0.25) is 0 Å². The number of hydrogen-bond donors (Lipinski definition) is 0. The quantitative estimate of drug-likeness (QED) is 0.374. The summed E-state index contributed by atoms with van der Waals surface area (Å²) in [4.78, 5) is 0. The van der Waals surface area contributed by atoms with E-state index in [-0.39, 0.29) is 5.41 Å². The fourth-order valence-electron chi connectivity index (χ4n) is 3.78. The molecule has 0 amide bonds. The van der Waals surface area contributed by atoms with E-state index in [9.17, 15) is 0 Å². The van der Waals surface area contributed by atoms with E-state index in [0.717, 1.165) is 11.2 Å². The fourth-order valence-corrected chi connectivity index (χ4v) is 3.78. The molecule has 24 heavy (non-hydrogen) atoms. The van der Waals surface area contributed by atoms with Gasteiger partial charge in [-0.2, -0.15) is 0 Å². The van der Waals surface area contributed by atoms with Gasteiger partial charge in [0.25, 0.3) is 0 Å².